The molecule has 1 aliphatic heterocycles. The summed E-state index contributed by atoms with van der Waals surface area (Å²) in [5.74, 6) is 0.446. The molecular weight excluding hydrogens is 456 g/mol. The van der Waals surface area contributed by atoms with Gasteiger partial charge >= 0.3 is 5.97 Å². The number of rotatable bonds is 9. The van der Waals surface area contributed by atoms with E-state index in [1.54, 1.807) is 24.1 Å². The maximum absolute atomic E-state index is 13.8. The molecule has 2 N–H and O–H groups in total. The highest BCUT2D eigenvalue weighted by molar-refractivity contribution is 5.99. The number of para-hydroxylation sites is 2. The molecule has 0 aliphatic carbocycles. The average Bonchev–Trinajstić information content (AvgIpc) is 3.01. The fourth-order valence-corrected chi connectivity index (χ4v) is 4.28. The van der Waals surface area contributed by atoms with Crippen LogP contribution in [0.1, 0.15) is 36.5 Å². The Balaban J connectivity index is 1.57. The number of amides is 1. The fourth-order valence-electron chi connectivity index (χ4n) is 4.28. The van der Waals surface area contributed by atoms with Crippen LogP contribution in [0.25, 0.3) is 0 Å². The number of carbonyl (C=O) groups is 2. The van der Waals surface area contributed by atoms with Crippen LogP contribution in [0.5, 0.6) is 11.5 Å². The molecule has 2 atom stereocenters. The summed E-state index contributed by atoms with van der Waals surface area (Å²) in [6.07, 6.45) is 0.215. The van der Waals surface area contributed by atoms with E-state index in [1.807, 2.05) is 48.5 Å². The quantitative estimate of drug-likeness (QED) is 0.464. The topological polar surface area (TPSA) is 88.1 Å². The Morgan fingerprint density at radius 3 is 2.36 bits per heavy atom. The number of carboxylic acids is 1. The van der Waals surface area contributed by atoms with Gasteiger partial charge in [-0.3, -0.25) is 14.9 Å². The predicted molar refractivity (Wildman–Crippen MR) is 139 cm³/mol. The van der Waals surface area contributed by atoms with E-state index >= 15 is 0 Å². The number of hydrogen-bond acceptors (Lipinski definition) is 5. The van der Waals surface area contributed by atoms with Crippen LogP contribution in [-0.2, 0) is 22.6 Å². The number of hydrogen-bond donors (Lipinski definition) is 2. The number of carboxylic acid groups (broad SMARTS) is 1. The zero-order valence-corrected chi connectivity index (χ0v) is 20.8. The number of aliphatic carboxylic acids is 1. The molecule has 0 radical (unpaired) electrons. The van der Waals surface area contributed by atoms with Gasteiger partial charge in [0.15, 0.2) is 0 Å². The van der Waals surface area contributed by atoms with Crippen LogP contribution in [0.4, 0.5) is 5.69 Å². The fraction of sp³-hybridized carbons (Fsp3) is 0.310. The van der Waals surface area contributed by atoms with Gasteiger partial charge in [0.2, 0.25) is 5.91 Å². The van der Waals surface area contributed by atoms with Crippen molar-refractivity contribution < 1.29 is 24.2 Å². The number of fused-ring (bicyclic) bond motifs is 1. The zero-order chi connectivity index (χ0) is 25.7. The lowest BCUT2D eigenvalue weighted by atomic mass is 10.0. The molecular formula is C29H32N2O5. The van der Waals surface area contributed by atoms with Crippen molar-refractivity contribution in [3.63, 3.8) is 0 Å². The summed E-state index contributed by atoms with van der Waals surface area (Å²) in [5.41, 5.74) is 3.70. The second-order valence-corrected chi connectivity index (χ2v) is 9.26. The molecule has 3 aromatic rings. The van der Waals surface area contributed by atoms with Gasteiger partial charge in [0.1, 0.15) is 30.2 Å². The van der Waals surface area contributed by atoms with Crippen molar-refractivity contribution in [1.82, 2.24) is 5.32 Å². The molecule has 36 heavy (non-hydrogen) atoms. The Bertz CT molecular complexity index is 1190. The van der Waals surface area contributed by atoms with Crippen molar-refractivity contribution >= 4 is 17.6 Å². The van der Waals surface area contributed by atoms with E-state index in [0.717, 1.165) is 11.1 Å². The lowest BCUT2D eigenvalue weighted by molar-refractivity contribution is -0.140. The van der Waals surface area contributed by atoms with E-state index in [0.29, 0.717) is 29.6 Å². The molecule has 0 spiro atoms. The van der Waals surface area contributed by atoms with Crippen molar-refractivity contribution in [2.75, 3.05) is 18.6 Å². The number of nitrogens with one attached hydrogen (secondary N) is 1. The number of nitrogens with zero attached hydrogens (tertiary/aromatic N) is 1. The van der Waals surface area contributed by atoms with Crippen LogP contribution in [0.3, 0.4) is 0 Å². The third-order valence-electron chi connectivity index (χ3n) is 6.41. The average molecular weight is 489 g/mol. The largest absolute Gasteiger partial charge is 0.497 e. The summed E-state index contributed by atoms with van der Waals surface area (Å²) in [6, 6.07) is 21.0. The monoisotopic (exact) mass is 488 g/mol. The molecule has 188 valence electrons. The number of carbonyl (C=O) groups excluding carboxylic acids is 1. The summed E-state index contributed by atoms with van der Waals surface area (Å²) in [6.45, 7) is 4.67. The van der Waals surface area contributed by atoms with Crippen LogP contribution in [-0.4, -0.2) is 42.8 Å². The van der Waals surface area contributed by atoms with E-state index in [2.05, 4.69) is 31.3 Å². The minimum atomic E-state index is -1.03. The minimum Gasteiger partial charge on any atom is -0.497 e. The van der Waals surface area contributed by atoms with Crippen molar-refractivity contribution in [3.8, 4) is 11.5 Å². The van der Waals surface area contributed by atoms with Crippen molar-refractivity contribution in [2.45, 2.75) is 44.8 Å². The number of ether oxygens (including phenoxy) is 2. The van der Waals surface area contributed by atoms with Crippen LogP contribution in [0.2, 0.25) is 0 Å². The number of benzene rings is 3. The highest BCUT2D eigenvalue weighted by Crippen LogP contribution is 2.32. The van der Waals surface area contributed by atoms with Gasteiger partial charge in [0, 0.05) is 0 Å². The van der Waals surface area contributed by atoms with Gasteiger partial charge in [-0.05, 0) is 53.3 Å². The molecule has 3 aromatic carbocycles. The standard InChI is InChI=1S/C29H32N2O5/c1-19(2)22-12-8-21(9-13-22)17-31-26-6-4-5-7-27(26)36-18-25(28(31)32)30-24(29(33)34)16-20-10-14-23(35-3)15-11-20/h4-15,19,24-25,30H,16-18H2,1-3H3,(H,33,34)/t24-,25-/m0/s1. The normalized spacial score (nSPS) is 16.2. The molecule has 0 bridgehead atoms. The summed E-state index contributed by atoms with van der Waals surface area (Å²) in [5, 5.41) is 13.0. The minimum absolute atomic E-state index is 0.0328. The van der Waals surface area contributed by atoms with E-state index in [4.69, 9.17) is 9.47 Å². The second-order valence-electron chi connectivity index (χ2n) is 9.26. The zero-order valence-electron chi connectivity index (χ0n) is 20.8. The van der Waals surface area contributed by atoms with Crippen LogP contribution in [0.15, 0.2) is 72.8 Å². The van der Waals surface area contributed by atoms with E-state index in [-0.39, 0.29) is 18.9 Å². The first-order chi connectivity index (χ1) is 17.4. The van der Waals surface area contributed by atoms with Gasteiger partial charge in [-0.1, -0.05) is 62.4 Å². The Morgan fingerprint density at radius 1 is 1.06 bits per heavy atom. The molecule has 1 aliphatic rings. The van der Waals surface area contributed by atoms with E-state index in [1.165, 1.54) is 5.56 Å². The number of anilines is 1. The molecule has 7 nitrogen and oxygen atoms in total. The lowest BCUT2D eigenvalue weighted by Gasteiger charge is -2.27. The maximum atomic E-state index is 13.8. The smallest absolute Gasteiger partial charge is 0.321 e. The van der Waals surface area contributed by atoms with Crippen molar-refractivity contribution in [2.24, 2.45) is 0 Å². The first-order valence-corrected chi connectivity index (χ1v) is 12.1. The summed E-state index contributed by atoms with van der Waals surface area (Å²) >= 11 is 0. The Kier molecular flexibility index (Phi) is 7.90. The van der Waals surface area contributed by atoms with Gasteiger partial charge in [0.25, 0.3) is 0 Å². The lowest BCUT2D eigenvalue weighted by Crippen LogP contribution is -2.54. The van der Waals surface area contributed by atoms with Gasteiger partial charge in [-0.15, -0.1) is 0 Å². The van der Waals surface area contributed by atoms with E-state index < -0.39 is 18.1 Å². The third-order valence-corrected chi connectivity index (χ3v) is 6.41. The van der Waals surface area contributed by atoms with E-state index in [9.17, 15) is 14.7 Å². The molecule has 0 fully saturated rings. The second kappa shape index (κ2) is 11.3. The predicted octanol–water partition coefficient (Wildman–Crippen LogP) is 4.40. The van der Waals surface area contributed by atoms with Gasteiger partial charge in [-0.2, -0.15) is 0 Å². The molecule has 0 saturated heterocycles. The Labute approximate surface area is 211 Å². The van der Waals surface area contributed by atoms with Crippen LogP contribution >= 0.6 is 0 Å². The summed E-state index contributed by atoms with van der Waals surface area (Å²) in [7, 11) is 1.58. The first kappa shape index (κ1) is 25.3. The van der Waals surface area contributed by atoms with Crippen LogP contribution < -0.4 is 19.7 Å². The van der Waals surface area contributed by atoms with Gasteiger partial charge < -0.3 is 19.5 Å². The summed E-state index contributed by atoms with van der Waals surface area (Å²) < 4.78 is 11.2. The highest BCUT2D eigenvalue weighted by Gasteiger charge is 2.34. The summed E-state index contributed by atoms with van der Waals surface area (Å²) in [4.78, 5) is 27.6. The molecule has 0 saturated carbocycles. The molecule has 7 heteroatoms. The highest BCUT2D eigenvalue weighted by atomic mass is 16.5. The van der Waals surface area contributed by atoms with Gasteiger partial charge in [-0.25, -0.2) is 0 Å². The Hall–Kier alpha value is -3.84. The SMILES string of the molecule is COc1ccc(C[C@H](N[C@H]2COc3ccccc3N(Cc3ccc(C(C)C)cc3)C2=O)C(=O)O)cc1. The first-order valence-electron chi connectivity index (χ1n) is 12.1. The Morgan fingerprint density at radius 2 is 1.72 bits per heavy atom. The van der Waals surface area contributed by atoms with Gasteiger partial charge in [0.05, 0.1) is 19.3 Å². The molecule has 0 unspecified atom stereocenters. The molecule has 4 rings (SSSR count). The third kappa shape index (κ3) is 5.86. The maximum Gasteiger partial charge on any atom is 0.321 e. The molecule has 0 aromatic heterocycles. The van der Waals surface area contributed by atoms with Crippen molar-refractivity contribution in [3.05, 3.63) is 89.5 Å². The van der Waals surface area contributed by atoms with Crippen LogP contribution in [0, 0.1) is 0 Å². The van der Waals surface area contributed by atoms with Crippen molar-refractivity contribution in [1.29, 1.82) is 0 Å². The molecule has 1 amide bonds. The molecule has 1 heterocycles. The number of methoxy groups -OCH3 is 1.